The van der Waals surface area contributed by atoms with Crippen molar-refractivity contribution in [1.82, 2.24) is 0 Å². The van der Waals surface area contributed by atoms with Gasteiger partial charge in [0.15, 0.2) is 0 Å². The Hall–Kier alpha value is -0.830. The van der Waals surface area contributed by atoms with Gasteiger partial charge in [0.05, 0.1) is 5.56 Å². The zero-order chi connectivity index (χ0) is 12.1. The Bertz CT molecular complexity index is 374. The SMILES string of the molecule is CCC(C)Cc1cc(CBr)ccc1C(=O)O. The van der Waals surface area contributed by atoms with Crippen LogP contribution < -0.4 is 0 Å². The molecule has 0 heterocycles. The van der Waals surface area contributed by atoms with Crippen LogP contribution in [0, 0.1) is 5.92 Å². The summed E-state index contributed by atoms with van der Waals surface area (Å²) >= 11 is 3.39. The van der Waals surface area contributed by atoms with Crippen molar-refractivity contribution in [2.24, 2.45) is 5.92 Å². The van der Waals surface area contributed by atoms with Crippen LogP contribution >= 0.6 is 15.9 Å². The van der Waals surface area contributed by atoms with Crippen molar-refractivity contribution in [3.05, 3.63) is 34.9 Å². The number of halogens is 1. The largest absolute Gasteiger partial charge is 0.478 e. The predicted molar refractivity (Wildman–Crippen MR) is 69.2 cm³/mol. The van der Waals surface area contributed by atoms with E-state index in [0.29, 0.717) is 11.5 Å². The van der Waals surface area contributed by atoms with Gasteiger partial charge in [-0.1, -0.05) is 48.3 Å². The Morgan fingerprint density at radius 2 is 2.19 bits per heavy atom. The van der Waals surface area contributed by atoms with Crippen molar-refractivity contribution in [1.29, 1.82) is 0 Å². The second-order valence-electron chi connectivity index (χ2n) is 4.15. The molecule has 1 aromatic carbocycles. The van der Waals surface area contributed by atoms with Gasteiger partial charge in [0.25, 0.3) is 0 Å². The maximum Gasteiger partial charge on any atom is 0.335 e. The zero-order valence-electron chi connectivity index (χ0n) is 9.66. The second-order valence-corrected chi connectivity index (χ2v) is 4.71. The molecule has 1 atom stereocenters. The first-order chi connectivity index (χ1) is 7.58. The maximum atomic E-state index is 11.1. The molecule has 1 rings (SSSR count). The molecule has 0 amide bonds. The Morgan fingerprint density at radius 3 is 2.69 bits per heavy atom. The third kappa shape index (κ3) is 3.34. The van der Waals surface area contributed by atoms with Gasteiger partial charge in [-0.05, 0) is 29.5 Å². The van der Waals surface area contributed by atoms with Crippen molar-refractivity contribution in [3.8, 4) is 0 Å². The first-order valence-corrected chi connectivity index (χ1v) is 6.61. The van der Waals surface area contributed by atoms with E-state index in [1.54, 1.807) is 6.07 Å². The van der Waals surface area contributed by atoms with Crippen LogP contribution in [0.3, 0.4) is 0 Å². The third-order valence-electron chi connectivity index (χ3n) is 2.82. The van der Waals surface area contributed by atoms with Gasteiger partial charge in [-0.2, -0.15) is 0 Å². The Balaban J connectivity index is 3.05. The van der Waals surface area contributed by atoms with Gasteiger partial charge in [-0.15, -0.1) is 0 Å². The van der Waals surface area contributed by atoms with Gasteiger partial charge in [-0.3, -0.25) is 0 Å². The lowest BCUT2D eigenvalue weighted by atomic mass is 9.94. The first kappa shape index (κ1) is 13.2. The van der Waals surface area contributed by atoms with Gasteiger partial charge in [0, 0.05) is 5.33 Å². The van der Waals surface area contributed by atoms with Crippen LogP contribution in [-0.2, 0) is 11.8 Å². The summed E-state index contributed by atoms with van der Waals surface area (Å²) in [6.07, 6.45) is 1.90. The van der Waals surface area contributed by atoms with Gasteiger partial charge >= 0.3 is 5.97 Å². The number of aromatic carboxylic acids is 1. The summed E-state index contributed by atoms with van der Waals surface area (Å²) in [7, 11) is 0. The number of alkyl halides is 1. The van der Waals surface area contributed by atoms with E-state index in [-0.39, 0.29) is 0 Å². The Morgan fingerprint density at radius 1 is 1.50 bits per heavy atom. The molecule has 0 aliphatic carbocycles. The average molecular weight is 285 g/mol. The molecule has 2 nitrogen and oxygen atoms in total. The number of rotatable bonds is 5. The molecular weight excluding hydrogens is 268 g/mol. The summed E-state index contributed by atoms with van der Waals surface area (Å²) in [6.45, 7) is 4.27. The molecule has 0 aliphatic rings. The fourth-order valence-corrected chi connectivity index (χ4v) is 1.98. The highest BCUT2D eigenvalue weighted by Gasteiger charge is 2.12. The summed E-state index contributed by atoms with van der Waals surface area (Å²) in [5.74, 6) is -0.317. The normalized spacial score (nSPS) is 12.4. The van der Waals surface area contributed by atoms with E-state index in [2.05, 4.69) is 29.8 Å². The van der Waals surface area contributed by atoms with E-state index in [0.717, 1.165) is 29.3 Å². The number of hydrogen-bond acceptors (Lipinski definition) is 1. The molecule has 0 bridgehead atoms. The van der Waals surface area contributed by atoms with Crippen molar-refractivity contribution < 1.29 is 9.90 Å². The molecule has 0 aliphatic heterocycles. The van der Waals surface area contributed by atoms with E-state index >= 15 is 0 Å². The number of benzene rings is 1. The summed E-state index contributed by atoms with van der Waals surface area (Å²) in [4.78, 5) is 11.1. The highest BCUT2D eigenvalue weighted by molar-refractivity contribution is 9.08. The molecule has 88 valence electrons. The second kappa shape index (κ2) is 6.04. The first-order valence-electron chi connectivity index (χ1n) is 5.49. The summed E-state index contributed by atoms with van der Waals surface area (Å²) in [5, 5.41) is 9.87. The van der Waals surface area contributed by atoms with Gasteiger partial charge < -0.3 is 5.11 Å². The lowest BCUT2D eigenvalue weighted by Crippen LogP contribution is -2.07. The topological polar surface area (TPSA) is 37.3 Å². The van der Waals surface area contributed by atoms with Crippen molar-refractivity contribution in [2.45, 2.75) is 32.0 Å². The highest BCUT2D eigenvalue weighted by atomic mass is 79.9. The zero-order valence-corrected chi connectivity index (χ0v) is 11.3. The van der Waals surface area contributed by atoms with Gasteiger partial charge in [0.1, 0.15) is 0 Å². The van der Waals surface area contributed by atoms with Crippen LogP contribution in [0.1, 0.15) is 41.8 Å². The van der Waals surface area contributed by atoms with Crippen molar-refractivity contribution in [2.75, 3.05) is 0 Å². The highest BCUT2D eigenvalue weighted by Crippen LogP contribution is 2.19. The van der Waals surface area contributed by atoms with E-state index in [9.17, 15) is 4.79 Å². The lowest BCUT2D eigenvalue weighted by Gasteiger charge is -2.12. The Kier molecular flexibility index (Phi) is 5.00. The third-order valence-corrected chi connectivity index (χ3v) is 3.47. The molecule has 1 N–H and O–H groups in total. The smallest absolute Gasteiger partial charge is 0.335 e. The predicted octanol–water partition coefficient (Wildman–Crippen LogP) is 3.87. The minimum absolute atomic E-state index is 0.435. The summed E-state index contributed by atoms with van der Waals surface area (Å²) in [5.41, 5.74) is 2.51. The minimum atomic E-state index is -0.834. The molecule has 1 aromatic rings. The number of hydrogen-bond donors (Lipinski definition) is 1. The molecule has 3 heteroatoms. The molecule has 1 unspecified atom stereocenters. The molecular formula is C13H17BrO2. The van der Waals surface area contributed by atoms with E-state index in [1.165, 1.54) is 0 Å². The molecule has 0 radical (unpaired) electrons. The van der Waals surface area contributed by atoms with Gasteiger partial charge in [0.2, 0.25) is 0 Å². The molecule has 0 fully saturated rings. The fourth-order valence-electron chi connectivity index (χ4n) is 1.63. The van der Waals surface area contributed by atoms with Gasteiger partial charge in [-0.25, -0.2) is 4.79 Å². The van der Waals surface area contributed by atoms with E-state index < -0.39 is 5.97 Å². The van der Waals surface area contributed by atoms with Crippen LogP contribution in [0.4, 0.5) is 0 Å². The lowest BCUT2D eigenvalue weighted by molar-refractivity contribution is 0.0695. The number of carboxylic acid groups (broad SMARTS) is 1. The molecule has 16 heavy (non-hydrogen) atoms. The van der Waals surface area contributed by atoms with Crippen LogP contribution in [-0.4, -0.2) is 11.1 Å². The summed E-state index contributed by atoms with van der Waals surface area (Å²) in [6, 6.07) is 5.55. The fraction of sp³-hybridized carbons (Fsp3) is 0.462. The van der Waals surface area contributed by atoms with Crippen molar-refractivity contribution >= 4 is 21.9 Å². The average Bonchev–Trinajstić information content (AvgIpc) is 2.28. The van der Waals surface area contributed by atoms with Crippen molar-refractivity contribution in [3.63, 3.8) is 0 Å². The van der Waals surface area contributed by atoms with E-state index in [1.807, 2.05) is 12.1 Å². The van der Waals surface area contributed by atoms with Crippen LogP contribution in [0.5, 0.6) is 0 Å². The van der Waals surface area contributed by atoms with Crippen LogP contribution in [0.2, 0.25) is 0 Å². The van der Waals surface area contributed by atoms with Crippen LogP contribution in [0.25, 0.3) is 0 Å². The quantitative estimate of drug-likeness (QED) is 0.834. The summed E-state index contributed by atoms with van der Waals surface area (Å²) < 4.78 is 0. The molecule has 0 saturated heterocycles. The minimum Gasteiger partial charge on any atom is -0.478 e. The van der Waals surface area contributed by atoms with E-state index in [4.69, 9.17) is 5.11 Å². The maximum absolute atomic E-state index is 11.1. The molecule has 0 saturated carbocycles. The molecule has 0 spiro atoms. The molecule has 0 aromatic heterocycles. The number of carbonyl (C=O) groups is 1. The number of carboxylic acids is 1. The standard InChI is InChI=1S/C13H17BrO2/c1-3-9(2)6-11-7-10(8-14)4-5-12(11)13(15)16/h4-5,7,9H,3,6,8H2,1-2H3,(H,15,16). The monoisotopic (exact) mass is 284 g/mol. The Labute approximate surface area is 105 Å². The van der Waals surface area contributed by atoms with Crippen LogP contribution in [0.15, 0.2) is 18.2 Å².